The lowest BCUT2D eigenvalue weighted by atomic mass is 9.88. The first kappa shape index (κ1) is 35.5. The molecule has 0 fully saturated rings. The van der Waals surface area contributed by atoms with Crippen LogP contribution in [0.15, 0.2) is 53.8 Å². The monoisotopic (exact) mass is 649 g/mol. The maximum atomic E-state index is 14.4. The van der Waals surface area contributed by atoms with Crippen LogP contribution in [0.1, 0.15) is 24.0 Å². The van der Waals surface area contributed by atoms with E-state index in [4.69, 9.17) is 20.3 Å². The van der Waals surface area contributed by atoms with Crippen LogP contribution in [0.2, 0.25) is 6.82 Å². The molecule has 3 rings (SSSR count). The second kappa shape index (κ2) is 16.4. The molecule has 5 N–H and O–H groups in total. The number of amidine groups is 2. The molecule has 0 aliphatic heterocycles. The van der Waals surface area contributed by atoms with Crippen molar-refractivity contribution in [2.45, 2.75) is 38.9 Å². The van der Waals surface area contributed by atoms with E-state index in [-0.39, 0.29) is 86.5 Å². The minimum atomic E-state index is -5.19. The average Bonchev–Trinajstić information content (AvgIpc) is 3.36. The lowest BCUT2D eigenvalue weighted by Gasteiger charge is -2.11. The summed E-state index contributed by atoms with van der Waals surface area (Å²) < 4.78 is 81.5. The SMILES string of the molecule is CB(O)NC(=N)c1ccc(OCCCn2ccn(CCCOc3ccc(C(=N)NBC=O)c(F)c3)/c2=N\C(=O)C(F)(F)F)cc1F. The molecule has 0 spiro atoms. The zero-order valence-corrected chi connectivity index (χ0v) is 24.5. The Kier molecular flexibility index (Phi) is 12.7. The number of alkyl halides is 3. The van der Waals surface area contributed by atoms with Gasteiger partial charge in [0.2, 0.25) is 5.62 Å². The van der Waals surface area contributed by atoms with Gasteiger partial charge in [-0.3, -0.25) is 15.6 Å². The summed E-state index contributed by atoms with van der Waals surface area (Å²) >= 11 is 0. The molecule has 0 atom stereocenters. The molecule has 0 bridgehead atoms. The number of carbonyl (C=O) groups excluding carboxylic acids is 2. The molecule has 244 valence electrons. The fraction of sp³-hybridized carbons (Fsp3) is 0.296. The predicted molar refractivity (Wildman–Crippen MR) is 160 cm³/mol. The zero-order valence-electron chi connectivity index (χ0n) is 24.5. The van der Waals surface area contributed by atoms with E-state index in [9.17, 15) is 36.6 Å². The van der Waals surface area contributed by atoms with Gasteiger partial charge >= 0.3 is 26.5 Å². The van der Waals surface area contributed by atoms with Crippen LogP contribution in [0.3, 0.4) is 0 Å². The minimum absolute atomic E-state index is 0.0300. The molecule has 0 saturated heterocycles. The van der Waals surface area contributed by atoms with Gasteiger partial charge in [0, 0.05) is 37.6 Å². The predicted octanol–water partition coefficient (Wildman–Crippen LogP) is 1.98. The number of imidazole rings is 1. The Morgan fingerprint density at radius 2 is 1.48 bits per heavy atom. The second-order valence-corrected chi connectivity index (χ2v) is 9.70. The summed E-state index contributed by atoms with van der Waals surface area (Å²) in [7, 11) is -1.20. The van der Waals surface area contributed by atoms with E-state index in [2.05, 4.69) is 15.4 Å². The summed E-state index contributed by atoms with van der Waals surface area (Å²) in [4.78, 5) is 25.4. The van der Waals surface area contributed by atoms with Crippen molar-refractivity contribution >= 4 is 38.2 Å². The number of halogens is 5. The van der Waals surface area contributed by atoms with Crippen LogP contribution < -0.4 is 25.5 Å². The Hall–Kier alpha value is -4.93. The van der Waals surface area contributed by atoms with Crippen LogP contribution in [0.4, 0.5) is 22.0 Å². The zero-order chi connectivity index (χ0) is 33.9. The van der Waals surface area contributed by atoms with Crippen molar-refractivity contribution in [2.75, 3.05) is 13.2 Å². The van der Waals surface area contributed by atoms with Crippen molar-refractivity contribution in [1.29, 1.82) is 10.8 Å². The van der Waals surface area contributed by atoms with E-state index < -0.39 is 30.8 Å². The number of rotatable bonds is 15. The molecule has 0 aliphatic rings. The van der Waals surface area contributed by atoms with Crippen LogP contribution in [0, 0.1) is 22.5 Å². The summed E-state index contributed by atoms with van der Waals surface area (Å²) in [6.45, 7) is 1.63. The van der Waals surface area contributed by atoms with Gasteiger partial charge in [0.1, 0.15) is 41.0 Å². The molecule has 19 heteroatoms. The molecule has 3 aromatic rings. The number of aryl methyl sites for hydroxylation is 2. The second-order valence-electron chi connectivity index (χ2n) is 9.70. The summed E-state index contributed by atoms with van der Waals surface area (Å²) in [6.07, 6.45) is -1.28. The molecule has 1 heterocycles. The molecule has 0 radical (unpaired) electrons. The summed E-state index contributed by atoms with van der Waals surface area (Å²) in [5.74, 6) is -4.10. The Bertz CT molecular complexity index is 1630. The highest BCUT2D eigenvalue weighted by Gasteiger charge is 2.38. The standard InChI is InChI=1S/C27H30B2F5N7O5/c1-29(44)39-24(36)20-7-5-18(15-22(20)31)46-13-3-9-41-11-10-40(26(41)37-25(43)27(32,33)34)8-2-12-45-17-4-6-19(21(30)14-17)23(35)38-28-16-42/h4-7,10-11,14-16,28,44H,2-3,8-9,12-13H2,1H3,(H2,35,38)(H2,36,39)/b37-26+. The largest absolute Gasteiger partial charge is 0.493 e. The molecule has 46 heavy (non-hydrogen) atoms. The number of amides is 1. The van der Waals surface area contributed by atoms with E-state index in [0.717, 1.165) is 12.1 Å². The number of benzene rings is 2. The van der Waals surface area contributed by atoms with Gasteiger partial charge in [-0.2, -0.15) is 18.2 Å². The quantitative estimate of drug-likeness (QED) is 0.0420. The first-order valence-corrected chi connectivity index (χ1v) is 13.9. The van der Waals surface area contributed by atoms with Crippen molar-refractivity contribution in [3.05, 3.63) is 77.2 Å². The van der Waals surface area contributed by atoms with Gasteiger partial charge in [0.15, 0.2) is 0 Å². The Morgan fingerprint density at radius 3 is 1.91 bits per heavy atom. The summed E-state index contributed by atoms with van der Waals surface area (Å²) in [5, 5.41) is 29.7. The number of nitrogens with zero attached hydrogens (tertiary/aromatic N) is 3. The van der Waals surface area contributed by atoms with Crippen molar-refractivity contribution < 1.29 is 46.0 Å². The molecule has 12 nitrogen and oxygen atoms in total. The summed E-state index contributed by atoms with van der Waals surface area (Å²) in [5.41, 5.74) is -0.411. The number of aromatic nitrogens is 2. The van der Waals surface area contributed by atoms with E-state index >= 15 is 0 Å². The highest BCUT2D eigenvalue weighted by Crippen LogP contribution is 2.19. The number of hydrogen-bond acceptors (Lipinski definition) is 7. The van der Waals surface area contributed by atoms with Crippen molar-refractivity contribution in [3.63, 3.8) is 0 Å². The molecule has 1 aromatic heterocycles. The van der Waals surface area contributed by atoms with Gasteiger partial charge in [-0.25, -0.2) is 8.78 Å². The van der Waals surface area contributed by atoms with Gasteiger partial charge in [0.25, 0.3) is 0 Å². The highest BCUT2D eigenvalue weighted by molar-refractivity contribution is 6.67. The first-order chi connectivity index (χ1) is 21.8. The first-order valence-electron chi connectivity index (χ1n) is 13.9. The normalized spacial score (nSPS) is 11.5. The Morgan fingerprint density at radius 1 is 0.978 bits per heavy atom. The van der Waals surface area contributed by atoms with Crippen LogP contribution in [-0.2, 0) is 22.7 Å². The van der Waals surface area contributed by atoms with E-state index in [0.29, 0.717) is 6.19 Å². The van der Waals surface area contributed by atoms with Crippen molar-refractivity contribution in [3.8, 4) is 11.5 Å². The van der Waals surface area contributed by atoms with Gasteiger partial charge in [-0.05, 0) is 43.9 Å². The highest BCUT2D eigenvalue weighted by atomic mass is 19.4. The van der Waals surface area contributed by atoms with E-state index in [1.165, 1.54) is 52.6 Å². The number of nitrogens with one attached hydrogen (secondary N) is 4. The number of hydrogen-bond donors (Lipinski definition) is 5. The van der Waals surface area contributed by atoms with Crippen LogP contribution in [0.5, 0.6) is 11.5 Å². The fourth-order valence-corrected chi connectivity index (χ4v) is 4.04. The molecule has 0 aliphatic carbocycles. The maximum Gasteiger partial charge on any atom is 0.473 e. The lowest BCUT2D eigenvalue weighted by molar-refractivity contribution is -0.169. The third-order valence-electron chi connectivity index (χ3n) is 6.14. The van der Waals surface area contributed by atoms with E-state index in [1.807, 2.05) is 0 Å². The van der Waals surface area contributed by atoms with Gasteiger partial charge < -0.3 is 38.9 Å². The Balaban J connectivity index is 1.61. The Labute approximate surface area is 260 Å². The van der Waals surface area contributed by atoms with Crippen molar-refractivity contribution in [1.82, 2.24) is 19.6 Å². The van der Waals surface area contributed by atoms with Crippen molar-refractivity contribution in [2.24, 2.45) is 4.99 Å². The topological polar surface area (TPSA) is 167 Å². The number of carbonyl (C=O) groups is 2. The van der Waals surface area contributed by atoms with Crippen LogP contribution in [-0.4, -0.2) is 71.8 Å². The molecule has 2 aromatic carbocycles. The van der Waals surface area contributed by atoms with Gasteiger partial charge in [0.05, 0.1) is 24.3 Å². The third-order valence-corrected chi connectivity index (χ3v) is 6.14. The smallest absolute Gasteiger partial charge is 0.473 e. The average molecular weight is 649 g/mol. The molecular weight excluding hydrogens is 619 g/mol. The maximum absolute atomic E-state index is 14.4. The molecule has 0 saturated carbocycles. The lowest BCUT2D eigenvalue weighted by Crippen LogP contribution is -2.36. The fourth-order valence-electron chi connectivity index (χ4n) is 4.04. The van der Waals surface area contributed by atoms with Gasteiger partial charge in [-0.15, -0.1) is 0 Å². The minimum Gasteiger partial charge on any atom is -0.493 e. The molecular formula is C27H30B2F5N7O5. The third kappa shape index (κ3) is 10.3. The van der Waals surface area contributed by atoms with Crippen LogP contribution in [0.25, 0.3) is 0 Å². The van der Waals surface area contributed by atoms with E-state index in [1.54, 1.807) is 0 Å². The molecule has 0 unspecified atom stereocenters. The number of ether oxygens (including phenoxy) is 2. The summed E-state index contributed by atoms with van der Waals surface area (Å²) in [6, 6.07) is 7.57. The molecule has 1 amide bonds. The van der Waals surface area contributed by atoms with Gasteiger partial charge in [-0.1, -0.05) is 0 Å². The van der Waals surface area contributed by atoms with Crippen LogP contribution >= 0.6 is 0 Å².